The standard InChI is InChI=1S/C13H15N3O2/c14-9-7-15(8-9)5-6-16-12(17)10-3-1-2-4-11(10)13(16)18/h1-4,9H,5-8,14H2. The molecule has 2 aliphatic rings. The van der Waals surface area contributed by atoms with E-state index in [1.165, 1.54) is 4.90 Å². The monoisotopic (exact) mass is 245 g/mol. The number of fused-ring (bicyclic) bond motifs is 1. The largest absolute Gasteiger partial charge is 0.325 e. The lowest BCUT2D eigenvalue weighted by molar-refractivity contribution is 0.0608. The summed E-state index contributed by atoms with van der Waals surface area (Å²) in [7, 11) is 0. The van der Waals surface area contributed by atoms with Crippen molar-refractivity contribution in [1.82, 2.24) is 9.80 Å². The first-order valence-electron chi connectivity index (χ1n) is 6.10. The van der Waals surface area contributed by atoms with Gasteiger partial charge >= 0.3 is 0 Å². The Bertz CT molecular complexity index is 474. The molecule has 1 aromatic carbocycles. The van der Waals surface area contributed by atoms with Gasteiger partial charge in [0.15, 0.2) is 0 Å². The highest BCUT2D eigenvalue weighted by Crippen LogP contribution is 2.22. The van der Waals surface area contributed by atoms with E-state index in [2.05, 4.69) is 4.90 Å². The van der Waals surface area contributed by atoms with Gasteiger partial charge in [0.25, 0.3) is 11.8 Å². The van der Waals surface area contributed by atoms with Gasteiger partial charge in [-0.15, -0.1) is 0 Å². The van der Waals surface area contributed by atoms with Crippen LogP contribution in [0.1, 0.15) is 20.7 Å². The summed E-state index contributed by atoms with van der Waals surface area (Å²) in [6, 6.07) is 7.21. The average Bonchev–Trinajstić information content (AvgIpc) is 2.58. The van der Waals surface area contributed by atoms with Crippen LogP contribution in [0.5, 0.6) is 0 Å². The van der Waals surface area contributed by atoms with Crippen LogP contribution in [0.2, 0.25) is 0 Å². The van der Waals surface area contributed by atoms with Crippen LogP contribution in [-0.4, -0.2) is 53.8 Å². The van der Waals surface area contributed by atoms with E-state index in [-0.39, 0.29) is 17.9 Å². The molecule has 2 aliphatic heterocycles. The number of carbonyl (C=O) groups is 2. The first kappa shape index (κ1) is 11.4. The second kappa shape index (κ2) is 4.19. The van der Waals surface area contributed by atoms with Crippen molar-refractivity contribution in [3.05, 3.63) is 35.4 Å². The van der Waals surface area contributed by atoms with Crippen molar-refractivity contribution >= 4 is 11.8 Å². The van der Waals surface area contributed by atoms with Crippen molar-refractivity contribution in [3.8, 4) is 0 Å². The Morgan fingerprint density at radius 2 is 1.61 bits per heavy atom. The molecule has 0 atom stereocenters. The van der Waals surface area contributed by atoms with Crippen LogP contribution in [0.15, 0.2) is 24.3 Å². The second-order valence-electron chi connectivity index (χ2n) is 4.83. The highest BCUT2D eigenvalue weighted by Gasteiger charge is 2.35. The van der Waals surface area contributed by atoms with Gasteiger partial charge in [0.2, 0.25) is 0 Å². The van der Waals surface area contributed by atoms with E-state index in [1.807, 2.05) is 0 Å². The minimum Gasteiger partial charge on any atom is -0.325 e. The van der Waals surface area contributed by atoms with Crippen LogP contribution < -0.4 is 5.73 Å². The van der Waals surface area contributed by atoms with E-state index >= 15 is 0 Å². The summed E-state index contributed by atoms with van der Waals surface area (Å²) in [6.45, 7) is 2.85. The number of imide groups is 1. The molecule has 5 nitrogen and oxygen atoms in total. The normalized spacial score (nSPS) is 20.2. The fourth-order valence-electron chi connectivity index (χ4n) is 2.48. The predicted molar refractivity (Wildman–Crippen MR) is 66.2 cm³/mol. The molecule has 1 fully saturated rings. The van der Waals surface area contributed by atoms with Gasteiger partial charge in [0, 0.05) is 32.2 Å². The number of benzene rings is 1. The fraction of sp³-hybridized carbons (Fsp3) is 0.385. The Kier molecular flexibility index (Phi) is 2.65. The van der Waals surface area contributed by atoms with Gasteiger partial charge in [-0.2, -0.15) is 0 Å². The Labute approximate surface area is 105 Å². The Morgan fingerprint density at radius 1 is 1.06 bits per heavy atom. The molecule has 0 aliphatic carbocycles. The third-order valence-electron chi connectivity index (χ3n) is 3.50. The summed E-state index contributed by atoms with van der Waals surface area (Å²) < 4.78 is 0. The molecule has 2 heterocycles. The van der Waals surface area contributed by atoms with Crippen molar-refractivity contribution < 1.29 is 9.59 Å². The van der Waals surface area contributed by atoms with Crippen molar-refractivity contribution in [2.24, 2.45) is 5.73 Å². The molecule has 5 heteroatoms. The predicted octanol–water partition coefficient (Wildman–Crippen LogP) is -0.0745. The molecular weight excluding hydrogens is 230 g/mol. The van der Waals surface area contributed by atoms with Crippen LogP contribution in [0.25, 0.3) is 0 Å². The van der Waals surface area contributed by atoms with Crippen LogP contribution in [-0.2, 0) is 0 Å². The summed E-state index contributed by atoms with van der Waals surface area (Å²) >= 11 is 0. The van der Waals surface area contributed by atoms with E-state index in [1.54, 1.807) is 24.3 Å². The lowest BCUT2D eigenvalue weighted by Gasteiger charge is -2.37. The molecule has 0 spiro atoms. The van der Waals surface area contributed by atoms with Gasteiger partial charge in [-0.05, 0) is 12.1 Å². The van der Waals surface area contributed by atoms with Gasteiger partial charge in [-0.25, -0.2) is 0 Å². The average molecular weight is 245 g/mol. The Morgan fingerprint density at radius 3 is 2.11 bits per heavy atom. The van der Waals surface area contributed by atoms with E-state index < -0.39 is 0 Å². The molecule has 0 saturated carbocycles. The summed E-state index contributed by atoms with van der Waals surface area (Å²) in [5.74, 6) is -0.360. The van der Waals surface area contributed by atoms with Gasteiger partial charge in [0.05, 0.1) is 11.1 Å². The van der Waals surface area contributed by atoms with Gasteiger partial charge < -0.3 is 5.73 Å². The number of nitrogens with two attached hydrogens (primary N) is 1. The zero-order chi connectivity index (χ0) is 12.7. The lowest BCUT2D eigenvalue weighted by atomic mass is 10.1. The number of hydrogen-bond acceptors (Lipinski definition) is 4. The highest BCUT2D eigenvalue weighted by atomic mass is 16.2. The highest BCUT2D eigenvalue weighted by molar-refractivity contribution is 6.21. The molecule has 3 rings (SSSR count). The number of likely N-dealkylation sites (tertiary alicyclic amines) is 1. The summed E-state index contributed by atoms with van der Waals surface area (Å²) in [6.07, 6.45) is 0. The zero-order valence-corrected chi connectivity index (χ0v) is 10.0. The molecule has 1 aromatic rings. The lowest BCUT2D eigenvalue weighted by Crippen LogP contribution is -2.57. The van der Waals surface area contributed by atoms with Gasteiger partial charge in [-0.3, -0.25) is 19.4 Å². The molecule has 0 unspecified atom stereocenters. The number of amides is 2. The SMILES string of the molecule is NC1CN(CCN2C(=O)c3ccccc3C2=O)C1. The van der Waals surface area contributed by atoms with Crippen LogP contribution >= 0.6 is 0 Å². The smallest absolute Gasteiger partial charge is 0.261 e. The molecular formula is C13H15N3O2. The third-order valence-corrected chi connectivity index (χ3v) is 3.50. The van der Waals surface area contributed by atoms with Crippen LogP contribution in [0.4, 0.5) is 0 Å². The Balaban J connectivity index is 1.68. The van der Waals surface area contributed by atoms with Crippen molar-refractivity contribution in [1.29, 1.82) is 0 Å². The molecule has 0 radical (unpaired) electrons. The molecule has 1 saturated heterocycles. The Hall–Kier alpha value is -1.72. The summed E-state index contributed by atoms with van der Waals surface area (Å²) in [5.41, 5.74) is 6.72. The third kappa shape index (κ3) is 1.72. The van der Waals surface area contributed by atoms with Crippen molar-refractivity contribution in [3.63, 3.8) is 0 Å². The summed E-state index contributed by atoms with van der Waals surface area (Å²) in [4.78, 5) is 27.6. The maximum atomic E-state index is 12.1. The minimum absolute atomic E-state index is 0.180. The van der Waals surface area contributed by atoms with E-state index in [0.717, 1.165) is 13.1 Å². The minimum atomic E-state index is -0.180. The molecule has 2 N–H and O–H groups in total. The molecule has 94 valence electrons. The summed E-state index contributed by atoms with van der Waals surface area (Å²) in [5, 5.41) is 0. The zero-order valence-electron chi connectivity index (χ0n) is 10.0. The quantitative estimate of drug-likeness (QED) is 0.757. The van der Waals surface area contributed by atoms with Crippen molar-refractivity contribution in [2.75, 3.05) is 26.2 Å². The van der Waals surface area contributed by atoms with Gasteiger partial charge in [-0.1, -0.05) is 12.1 Å². The van der Waals surface area contributed by atoms with Crippen LogP contribution in [0, 0.1) is 0 Å². The molecule has 2 amide bonds. The first-order chi connectivity index (χ1) is 8.66. The van der Waals surface area contributed by atoms with Gasteiger partial charge in [0.1, 0.15) is 0 Å². The fourth-order valence-corrected chi connectivity index (χ4v) is 2.48. The molecule has 0 aromatic heterocycles. The van der Waals surface area contributed by atoms with Crippen molar-refractivity contribution in [2.45, 2.75) is 6.04 Å². The topological polar surface area (TPSA) is 66.6 Å². The van der Waals surface area contributed by atoms with Crippen LogP contribution in [0.3, 0.4) is 0 Å². The van der Waals surface area contributed by atoms with E-state index in [4.69, 9.17) is 5.73 Å². The number of nitrogens with zero attached hydrogens (tertiary/aromatic N) is 2. The number of carbonyl (C=O) groups excluding carboxylic acids is 2. The number of hydrogen-bond donors (Lipinski definition) is 1. The molecule has 18 heavy (non-hydrogen) atoms. The van der Waals surface area contributed by atoms with E-state index in [0.29, 0.717) is 24.2 Å². The first-order valence-corrected chi connectivity index (χ1v) is 6.10. The van der Waals surface area contributed by atoms with E-state index in [9.17, 15) is 9.59 Å². The second-order valence-corrected chi connectivity index (χ2v) is 4.83. The maximum Gasteiger partial charge on any atom is 0.261 e. The maximum absolute atomic E-state index is 12.1. The molecule has 0 bridgehead atoms. The number of rotatable bonds is 3.